The zero-order valence-electron chi connectivity index (χ0n) is 16.6. The van der Waals surface area contributed by atoms with E-state index in [4.69, 9.17) is 17.3 Å². The van der Waals surface area contributed by atoms with Crippen molar-refractivity contribution < 1.29 is 9.18 Å². The predicted molar refractivity (Wildman–Crippen MR) is 124 cm³/mol. The predicted octanol–water partition coefficient (Wildman–Crippen LogP) is 5.68. The fraction of sp³-hybridized carbons (Fsp3) is 0.174. The number of thioether (sulfide) groups is 1. The van der Waals surface area contributed by atoms with Gasteiger partial charge < -0.3 is 0 Å². The highest BCUT2D eigenvalue weighted by Gasteiger charge is 2.35. The summed E-state index contributed by atoms with van der Waals surface area (Å²) in [6.45, 7) is 4.02. The van der Waals surface area contributed by atoms with Gasteiger partial charge in [0, 0.05) is 23.4 Å². The lowest BCUT2D eigenvalue weighted by atomic mass is 10.1. The Kier molecular flexibility index (Phi) is 5.83. The molecule has 0 N–H and O–H groups in total. The van der Waals surface area contributed by atoms with Crippen molar-refractivity contribution in [1.29, 1.82) is 0 Å². The molecule has 0 bridgehead atoms. The zero-order chi connectivity index (χ0) is 21.3. The minimum Gasteiger partial charge on any atom is -0.290 e. The molecular formula is C23H20FN3OS2. The molecule has 4 rings (SSSR count). The molecule has 1 atom stereocenters. The van der Waals surface area contributed by atoms with E-state index in [0.29, 0.717) is 14.9 Å². The third kappa shape index (κ3) is 3.95. The summed E-state index contributed by atoms with van der Waals surface area (Å²) in [5.74, 6) is -0.394. The molecule has 0 spiro atoms. The number of aromatic nitrogens is 2. The van der Waals surface area contributed by atoms with E-state index in [-0.39, 0.29) is 17.8 Å². The molecule has 30 heavy (non-hydrogen) atoms. The maximum absolute atomic E-state index is 13.4. The van der Waals surface area contributed by atoms with Crippen molar-refractivity contribution >= 4 is 40.3 Å². The Hall–Kier alpha value is -2.77. The highest BCUT2D eigenvalue weighted by molar-refractivity contribution is 8.26. The van der Waals surface area contributed by atoms with E-state index in [0.717, 1.165) is 23.2 Å². The maximum Gasteiger partial charge on any atom is 0.266 e. The Bertz CT molecular complexity index is 1120. The van der Waals surface area contributed by atoms with Crippen LogP contribution in [0.5, 0.6) is 0 Å². The zero-order valence-corrected chi connectivity index (χ0v) is 18.2. The van der Waals surface area contributed by atoms with Gasteiger partial charge in [-0.25, -0.2) is 9.07 Å². The molecule has 1 aliphatic rings. The molecule has 152 valence electrons. The standard InChI is InChI=1S/C23H20FN3OS2/c1-3-15(2)27-22(28)20(30-23(27)29)13-17-14-26(19-7-5-4-6-8-19)25-21(17)16-9-11-18(24)12-10-16/h4-15H,3H2,1-2H3/b20-13-/t15-/m1/s1. The average Bonchev–Trinajstić information content (AvgIpc) is 3.30. The lowest BCUT2D eigenvalue weighted by molar-refractivity contribution is -0.123. The van der Waals surface area contributed by atoms with Gasteiger partial charge in [0.05, 0.1) is 16.3 Å². The fourth-order valence-corrected chi connectivity index (χ4v) is 4.67. The second-order valence-corrected chi connectivity index (χ2v) is 8.70. The van der Waals surface area contributed by atoms with Gasteiger partial charge in [-0.05, 0) is 55.8 Å². The number of rotatable bonds is 5. The molecule has 1 aromatic heterocycles. The first-order valence-electron chi connectivity index (χ1n) is 9.66. The van der Waals surface area contributed by atoms with Crippen LogP contribution in [-0.2, 0) is 4.79 Å². The molecule has 0 saturated carbocycles. The summed E-state index contributed by atoms with van der Waals surface area (Å²) in [6.07, 6.45) is 4.53. The van der Waals surface area contributed by atoms with Crippen LogP contribution < -0.4 is 0 Å². The van der Waals surface area contributed by atoms with Crippen LogP contribution in [-0.4, -0.2) is 30.9 Å². The van der Waals surface area contributed by atoms with Crippen LogP contribution in [0, 0.1) is 5.82 Å². The van der Waals surface area contributed by atoms with Crippen LogP contribution in [0.15, 0.2) is 65.7 Å². The second kappa shape index (κ2) is 8.53. The van der Waals surface area contributed by atoms with Crippen molar-refractivity contribution in [3.05, 3.63) is 77.1 Å². The molecular weight excluding hydrogens is 417 g/mol. The van der Waals surface area contributed by atoms with Crippen LogP contribution in [0.2, 0.25) is 0 Å². The molecule has 1 aliphatic heterocycles. The minimum atomic E-state index is -0.308. The van der Waals surface area contributed by atoms with Gasteiger partial charge in [-0.1, -0.05) is 49.1 Å². The smallest absolute Gasteiger partial charge is 0.266 e. The third-order valence-corrected chi connectivity index (χ3v) is 6.35. The van der Waals surface area contributed by atoms with Crippen molar-refractivity contribution in [2.75, 3.05) is 0 Å². The van der Waals surface area contributed by atoms with Crippen LogP contribution in [0.3, 0.4) is 0 Å². The lowest BCUT2D eigenvalue weighted by Crippen LogP contribution is -2.36. The summed E-state index contributed by atoms with van der Waals surface area (Å²) in [5.41, 5.74) is 3.12. The molecule has 3 aromatic rings. The molecule has 0 unspecified atom stereocenters. The van der Waals surface area contributed by atoms with Crippen LogP contribution in [0.25, 0.3) is 23.0 Å². The Morgan fingerprint density at radius 3 is 2.53 bits per heavy atom. The number of hydrogen-bond donors (Lipinski definition) is 0. The number of hydrogen-bond acceptors (Lipinski definition) is 4. The fourth-order valence-electron chi connectivity index (χ4n) is 3.22. The Morgan fingerprint density at radius 2 is 1.87 bits per heavy atom. The maximum atomic E-state index is 13.4. The van der Waals surface area contributed by atoms with Gasteiger partial charge in [-0.2, -0.15) is 5.10 Å². The number of halogens is 1. The van der Waals surface area contributed by atoms with E-state index in [1.54, 1.807) is 21.7 Å². The summed E-state index contributed by atoms with van der Waals surface area (Å²) in [5, 5.41) is 4.72. The molecule has 0 radical (unpaired) electrons. The highest BCUT2D eigenvalue weighted by Crippen LogP contribution is 2.36. The molecule has 0 aliphatic carbocycles. The Balaban J connectivity index is 1.79. The van der Waals surface area contributed by atoms with Crippen LogP contribution in [0.4, 0.5) is 4.39 Å². The van der Waals surface area contributed by atoms with E-state index in [1.807, 2.05) is 56.5 Å². The number of benzene rings is 2. The van der Waals surface area contributed by atoms with Gasteiger partial charge in [0.15, 0.2) is 0 Å². The summed E-state index contributed by atoms with van der Waals surface area (Å²) in [6, 6.07) is 16.0. The summed E-state index contributed by atoms with van der Waals surface area (Å²) in [4.78, 5) is 15.2. The van der Waals surface area contributed by atoms with Gasteiger partial charge in [-0.15, -0.1) is 0 Å². The van der Waals surface area contributed by atoms with E-state index >= 15 is 0 Å². The first-order chi connectivity index (χ1) is 14.5. The lowest BCUT2D eigenvalue weighted by Gasteiger charge is -2.21. The largest absolute Gasteiger partial charge is 0.290 e. The Labute approximate surface area is 184 Å². The first-order valence-corrected chi connectivity index (χ1v) is 10.9. The normalized spacial score (nSPS) is 16.5. The number of carbonyl (C=O) groups is 1. The van der Waals surface area contributed by atoms with Gasteiger partial charge in [0.1, 0.15) is 10.1 Å². The topological polar surface area (TPSA) is 38.1 Å². The quantitative estimate of drug-likeness (QED) is 0.380. The number of carbonyl (C=O) groups excluding carboxylic acids is 1. The van der Waals surface area contributed by atoms with Crippen molar-refractivity contribution in [1.82, 2.24) is 14.7 Å². The molecule has 2 aromatic carbocycles. The number of nitrogens with zero attached hydrogens (tertiary/aromatic N) is 3. The summed E-state index contributed by atoms with van der Waals surface area (Å²) >= 11 is 6.74. The third-order valence-electron chi connectivity index (χ3n) is 5.02. The summed E-state index contributed by atoms with van der Waals surface area (Å²) in [7, 11) is 0. The molecule has 1 saturated heterocycles. The van der Waals surface area contributed by atoms with Crippen LogP contribution >= 0.6 is 24.0 Å². The van der Waals surface area contributed by atoms with E-state index in [1.165, 1.54) is 23.9 Å². The molecule has 2 heterocycles. The highest BCUT2D eigenvalue weighted by atomic mass is 32.2. The van der Waals surface area contributed by atoms with E-state index < -0.39 is 0 Å². The second-order valence-electron chi connectivity index (χ2n) is 7.03. The van der Waals surface area contributed by atoms with E-state index in [9.17, 15) is 9.18 Å². The molecule has 4 nitrogen and oxygen atoms in total. The number of para-hydroxylation sites is 1. The van der Waals surface area contributed by atoms with Gasteiger partial charge >= 0.3 is 0 Å². The van der Waals surface area contributed by atoms with Gasteiger partial charge in [-0.3, -0.25) is 9.69 Å². The molecule has 1 fully saturated rings. The average molecular weight is 438 g/mol. The van der Waals surface area contributed by atoms with Gasteiger partial charge in [0.25, 0.3) is 5.91 Å². The van der Waals surface area contributed by atoms with Crippen molar-refractivity contribution in [3.63, 3.8) is 0 Å². The van der Waals surface area contributed by atoms with Crippen molar-refractivity contribution in [2.24, 2.45) is 0 Å². The molecule has 7 heteroatoms. The monoisotopic (exact) mass is 437 g/mol. The minimum absolute atomic E-state index is 0.0482. The molecule has 1 amide bonds. The SMILES string of the molecule is CC[C@@H](C)N1C(=O)/C(=C/c2cn(-c3ccccc3)nc2-c2ccc(F)cc2)SC1=S. The Morgan fingerprint density at radius 1 is 1.17 bits per heavy atom. The number of thiocarbonyl (C=S) groups is 1. The number of amides is 1. The van der Waals surface area contributed by atoms with Crippen molar-refractivity contribution in [3.8, 4) is 16.9 Å². The van der Waals surface area contributed by atoms with Gasteiger partial charge in [0.2, 0.25) is 0 Å². The van der Waals surface area contributed by atoms with Crippen molar-refractivity contribution in [2.45, 2.75) is 26.3 Å². The van der Waals surface area contributed by atoms with E-state index in [2.05, 4.69) is 0 Å². The van der Waals surface area contributed by atoms with Crippen LogP contribution in [0.1, 0.15) is 25.8 Å². The summed E-state index contributed by atoms with van der Waals surface area (Å²) < 4.78 is 15.8. The first kappa shape index (κ1) is 20.5.